The Morgan fingerprint density at radius 1 is 0.609 bits per heavy atom. The minimum atomic E-state index is 0. The Morgan fingerprint density at radius 3 is 1.39 bits per heavy atom. The zero-order valence-corrected chi connectivity index (χ0v) is 17.7. The first kappa shape index (κ1) is 20.2. The fourth-order valence-electron chi connectivity index (χ4n) is 3.01. The van der Waals surface area contributed by atoms with E-state index in [-0.39, 0.29) is 50.7 Å². The molecule has 0 nitrogen and oxygen atoms in total. The van der Waals surface area contributed by atoms with Crippen LogP contribution in [0.3, 0.4) is 0 Å². The van der Waals surface area contributed by atoms with Gasteiger partial charge in [-0.1, -0.05) is 12.1 Å². The van der Waals surface area contributed by atoms with Crippen LogP contribution in [0.1, 0.15) is 11.1 Å². The molecule has 4 aromatic carbocycles. The molecule has 0 aliphatic rings. The summed E-state index contributed by atoms with van der Waals surface area (Å²) in [6, 6.07) is 26.5. The summed E-state index contributed by atoms with van der Waals surface area (Å²) in [5.41, 5.74) is 2.88. The molecule has 0 saturated heterocycles. The van der Waals surface area contributed by atoms with Crippen LogP contribution in [0.4, 0.5) is 0 Å². The van der Waals surface area contributed by atoms with E-state index in [1.54, 1.807) is 0 Å². The molecule has 0 radical (unpaired) electrons. The van der Waals surface area contributed by atoms with Gasteiger partial charge >= 0.3 is 25.8 Å². The van der Waals surface area contributed by atoms with E-state index in [1.807, 2.05) is 0 Å². The molecule has 0 N–H and O–H groups in total. The molecule has 0 heterocycles. The van der Waals surface area contributed by atoms with Crippen LogP contribution in [0.2, 0.25) is 0 Å². The second-order valence-corrected chi connectivity index (χ2v) is 5.49. The van der Waals surface area contributed by atoms with Gasteiger partial charge in [0.2, 0.25) is 0 Å². The van der Waals surface area contributed by atoms with Crippen LogP contribution in [0, 0.1) is 0 Å². The summed E-state index contributed by atoms with van der Waals surface area (Å²) in [6.07, 6.45) is 2.23. The molecular formula is C20H16Cl2Hf. The third kappa shape index (κ3) is 4.35. The van der Waals surface area contributed by atoms with E-state index in [9.17, 15) is 0 Å². The van der Waals surface area contributed by atoms with Gasteiger partial charge in [-0.05, 0) is 12.8 Å². The van der Waals surface area contributed by atoms with Crippen molar-refractivity contribution in [1.82, 2.24) is 0 Å². The molecule has 4 rings (SSSR count). The number of aryl methyl sites for hydroxylation is 2. The third-order valence-electron chi connectivity index (χ3n) is 4.06. The minimum absolute atomic E-state index is 0. The summed E-state index contributed by atoms with van der Waals surface area (Å²) in [7, 11) is 0. The summed E-state index contributed by atoms with van der Waals surface area (Å²) < 4.78 is 0. The van der Waals surface area contributed by atoms with Gasteiger partial charge in [-0.2, -0.15) is 12.1 Å². The second kappa shape index (κ2) is 8.82. The normalized spacial score (nSPS) is 9.91. The van der Waals surface area contributed by atoms with Gasteiger partial charge in [-0.3, -0.25) is 0 Å². The molecule has 0 bridgehead atoms. The Bertz CT molecular complexity index is 733. The smallest absolute Gasteiger partial charge is 1.00 e. The quantitative estimate of drug-likeness (QED) is 0.253. The molecule has 0 aliphatic heterocycles. The molecule has 3 heteroatoms. The van der Waals surface area contributed by atoms with Crippen molar-refractivity contribution in [3.63, 3.8) is 0 Å². The first-order valence-electron chi connectivity index (χ1n) is 7.17. The second-order valence-electron chi connectivity index (χ2n) is 5.49. The van der Waals surface area contributed by atoms with Crippen LogP contribution < -0.4 is 24.8 Å². The summed E-state index contributed by atoms with van der Waals surface area (Å²) in [4.78, 5) is 0. The summed E-state index contributed by atoms with van der Waals surface area (Å²) in [5.74, 6) is 0. The van der Waals surface area contributed by atoms with Gasteiger partial charge in [0.15, 0.2) is 0 Å². The first-order valence-corrected chi connectivity index (χ1v) is 7.17. The Kier molecular flexibility index (Phi) is 7.73. The fourth-order valence-corrected chi connectivity index (χ4v) is 3.01. The predicted octanol–water partition coefficient (Wildman–Crippen LogP) is -0.778. The standard InChI is InChI=1S/C20H16.2ClH.Hf/c1-2-6-18-12-15(11-17(18)5-1)9-10-16-13-19-7-3-4-8-20(19)14-16;;;/h1-8,11-14H,9-10H2;2*1H;/q-2;;;+4/p-2. The van der Waals surface area contributed by atoms with E-state index >= 15 is 0 Å². The van der Waals surface area contributed by atoms with Crippen molar-refractivity contribution in [1.29, 1.82) is 0 Å². The number of halogens is 2. The maximum Gasteiger partial charge on any atom is 4.00 e. The number of benzene rings is 2. The van der Waals surface area contributed by atoms with E-state index < -0.39 is 0 Å². The van der Waals surface area contributed by atoms with E-state index in [0.29, 0.717) is 0 Å². The maximum absolute atomic E-state index is 2.32. The number of hydrogen-bond acceptors (Lipinski definition) is 0. The van der Waals surface area contributed by atoms with Crippen LogP contribution in [-0.2, 0) is 38.7 Å². The minimum Gasteiger partial charge on any atom is -1.00 e. The van der Waals surface area contributed by atoms with E-state index in [4.69, 9.17) is 0 Å². The van der Waals surface area contributed by atoms with E-state index in [0.717, 1.165) is 12.8 Å². The van der Waals surface area contributed by atoms with Crippen molar-refractivity contribution in [2.45, 2.75) is 12.8 Å². The molecule has 0 spiro atoms. The number of hydrogen-bond donors (Lipinski definition) is 0. The Morgan fingerprint density at radius 2 is 1.00 bits per heavy atom. The SMILES string of the molecule is [Cl-].[Cl-].[Hf+4].c1ccc2[cH-]c(CCc3cc4ccccc4[cH-]3)cc2c1. The zero-order chi connectivity index (χ0) is 13.4. The van der Waals surface area contributed by atoms with Crippen molar-refractivity contribution in [3.05, 3.63) is 83.9 Å². The van der Waals surface area contributed by atoms with Gasteiger partial charge in [0, 0.05) is 0 Å². The monoisotopic (exact) mass is 506 g/mol. The average Bonchev–Trinajstić information content (AvgIpc) is 3.07. The van der Waals surface area contributed by atoms with Gasteiger partial charge in [0.05, 0.1) is 0 Å². The molecule has 0 amide bonds. The Balaban J connectivity index is 0.000000882. The van der Waals surface area contributed by atoms with Gasteiger partial charge in [0.1, 0.15) is 0 Å². The van der Waals surface area contributed by atoms with Crippen molar-refractivity contribution in [2.75, 3.05) is 0 Å². The molecule has 0 unspecified atom stereocenters. The van der Waals surface area contributed by atoms with Crippen LogP contribution in [0.5, 0.6) is 0 Å². The molecule has 0 aromatic heterocycles. The Hall–Kier alpha value is -0.890. The maximum atomic E-state index is 2.32. The van der Waals surface area contributed by atoms with Gasteiger partial charge in [-0.15, -0.1) is 81.2 Å². The van der Waals surface area contributed by atoms with Crippen LogP contribution in [0.25, 0.3) is 21.5 Å². The molecule has 23 heavy (non-hydrogen) atoms. The first-order chi connectivity index (χ1) is 9.88. The Labute approximate surface area is 168 Å². The molecule has 0 fully saturated rings. The molecule has 4 aromatic rings. The van der Waals surface area contributed by atoms with Gasteiger partial charge in [-0.25, -0.2) is 0 Å². The molecular weight excluding hydrogens is 490 g/mol. The van der Waals surface area contributed by atoms with Crippen molar-refractivity contribution in [2.24, 2.45) is 0 Å². The van der Waals surface area contributed by atoms with Crippen LogP contribution in [-0.4, -0.2) is 0 Å². The topological polar surface area (TPSA) is 0 Å². The van der Waals surface area contributed by atoms with Gasteiger partial charge in [0.25, 0.3) is 0 Å². The average molecular weight is 506 g/mol. The van der Waals surface area contributed by atoms with Crippen LogP contribution in [0.15, 0.2) is 72.8 Å². The molecule has 0 atom stereocenters. The van der Waals surface area contributed by atoms with E-state index in [2.05, 4.69) is 72.8 Å². The number of fused-ring (bicyclic) bond motifs is 2. The summed E-state index contributed by atoms with van der Waals surface area (Å²) in [6.45, 7) is 0. The van der Waals surface area contributed by atoms with Crippen LogP contribution >= 0.6 is 0 Å². The number of rotatable bonds is 3. The summed E-state index contributed by atoms with van der Waals surface area (Å²) in [5, 5.41) is 5.43. The van der Waals surface area contributed by atoms with Crippen molar-refractivity contribution < 1.29 is 50.7 Å². The largest absolute Gasteiger partial charge is 4.00 e. The van der Waals surface area contributed by atoms with Crippen molar-refractivity contribution in [3.8, 4) is 0 Å². The summed E-state index contributed by atoms with van der Waals surface area (Å²) >= 11 is 0. The zero-order valence-electron chi connectivity index (χ0n) is 12.6. The predicted molar refractivity (Wildman–Crippen MR) is 86.5 cm³/mol. The fraction of sp³-hybridized carbons (Fsp3) is 0.100. The van der Waals surface area contributed by atoms with Crippen molar-refractivity contribution >= 4 is 21.5 Å². The van der Waals surface area contributed by atoms with Gasteiger partial charge < -0.3 is 24.8 Å². The third-order valence-corrected chi connectivity index (χ3v) is 4.06. The molecule has 0 saturated carbocycles. The molecule has 0 aliphatic carbocycles. The molecule has 114 valence electrons. The van der Waals surface area contributed by atoms with E-state index in [1.165, 1.54) is 32.7 Å².